The summed E-state index contributed by atoms with van der Waals surface area (Å²) in [5.41, 5.74) is 1.59. The van der Waals surface area contributed by atoms with E-state index in [1.807, 2.05) is 6.92 Å². The summed E-state index contributed by atoms with van der Waals surface area (Å²) >= 11 is 0. The van der Waals surface area contributed by atoms with Crippen molar-refractivity contribution in [1.29, 1.82) is 0 Å². The van der Waals surface area contributed by atoms with E-state index in [-0.39, 0.29) is 11.7 Å². The van der Waals surface area contributed by atoms with Crippen LogP contribution in [0, 0.1) is 12.7 Å². The first-order valence-electron chi connectivity index (χ1n) is 4.38. The minimum Gasteiger partial charge on any atom is -0.285 e. The number of halogens is 1. The third-order valence-electron chi connectivity index (χ3n) is 2.26. The largest absolute Gasteiger partial charge is 0.285 e. The minimum absolute atomic E-state index is 0.0518. The topological polar surface area (TPSA) is 22.0 Å². The first kappa shape index (κ1) is 8.94. The Balaban J connectivity index is 2.84. The van der Waals surface area contributed by atoms with Gasteiger partial charge in [-0.3, -0.25) is 9.36 Å². The van der Waals surface area contributed by atoms with Crippen molar-refractivity contribution in [3.8, 4) is 0 Å². The van der Waals surface area contributed by atoms with E-state index in [9.17, 15) is 9.18 Å². The number of benzene rings is 1. The molecule has 2 nitrogen and oxygen atoms in total. The van der Waals surface area contributed by atoms with E-state index in [0.29, 0.717) is 0 Å². The van der Waals surface area contributed by atoms with Gasteiger partial charge in [-0.2, -0.15) is 0 Å². The molecule has 2 rings (SSSR count). The van der Waals surface area contributed by atoms with Crippen molar-refractivity contribution < 1.29 is 9.18 Å². The van der Waals surface area contributed by atoms with Gasteiger partial charge in [-0.1, -0.05) is 0 Å². The second-order valence-corrected chi connectivity index (χ2v) is 3.34. The zero-order chi connectivity index (χ0) is 10.3. The lowest BCUT2D eigenvalue weighted by molar-refractivity contribution is 0.0940. The van der Waals surface area contributed by atoms with E-state index in [0.717, 1.165) is 16.6 Å². The molecule has 72 valence electrons. The predicted molar refractivity (Wildman–Crippen MR) is 52.9 cm³/mol. The number of carbonyl (C=O) groups is 1. The monoisotopic (exact) mass is 191 g/mol. The molecule has 2 aromatic rings. The highest BCUT2D eigenvalue weighted by Gasteiger charge is 2.08. The fourth-order valence-corrected chi connectivity index (χ4v) is 1.74. The van der Waals surface area contributed by atoms with Gasteiger partial charge in [0.15, 0.2) is 0 Å². The van der Waals surface area contributed by atoms with Gasteiger partial charge in [0.05, 0.1) is 5.52 Å². The molecule has 0 amide bonds. The molecule has 1 aromatic heterocycles. The molecule has 0 radical (unpaired) electrons. The quantitative estimate of drug-likeness (QED) is 0.627. The Hall–Kier alpha value is -1.64. The van der Waals surface area contributed by atoms with E-state index < -0.39 is 0 Å². The highest BCUT2D eigenvalue weighted by atomic mass is 19.1. The Morgan fingerprint density at radius 3 is 2.71 bits per heavy atom. The van der Waals surface area contributed by atoms with Gasteiger partial charge in [-0.15, -0.1) is 0 Å². The molecule has 1 heterocycles. The first-order chi connectivity index (χ1) is 6.59. The number of carbonyl (C=O) groups excluding carboxylic acids is 1. The van der Waals surface area contributed by atoms with E-state index in [1.165, 1.54) is 19.1 Å². The van der Waals surface area contributed by atoms with Gasteiger partial charge in [0.2, 0.25) is 5.91 Å². The summed E-state index contributed by atoms with van der Waals surface area (Å²) in [4.78, 5) is 11.3. The minimum atomic E-state index is -0.279. The molecule has 1 aromatic carbocycles. The lowest BCUT2D eigenvalue weighted by atomic mass is 10.2. The normalized spacial score (nSPS) is 10.8. The van der Waals surface area contributed by atoms with Crippen LogP contribution in [-0.2, 0) is 0 Å². The molecule has 14 heavy (non-hydrogen) atoms. The van der Waals surface area contributed by atoms with E-state index in [1.54, 1.807) is 16.7 Å². The Bertz CT molecular complexity index is 513. The molecule has 0 saturated carbocycles. The van der Waals surface area contributed by atoms with Crippen molar-refractivity contribution in [3.63, 3.8) is 0 Å². The molecule has 0 N–H and O–H groups in total. The van der Waals surface area contributed by atoms with Crippen molar-refractivity contribution in [2.75, 3.05) is 0 Å². The standard InChI is InChI=1S/C11H10FNO/c1-7-5-9-6-10(12)3-4-11(9)13(7)8(2)14/h3-6H,1-2H3. The SMILES string of the molecule is CC(=O)n1c(C)cc2cc(F)ccc21. The van der Waals surface area contributed by atoms with E-state index in [4.69, 9.17) is 0 Å². The van der Waals surface area contributed by atoms with Crippen LogP contribution < -0.4 is 0 Å². The van der Waals surface area contributed by atoms with Crippen LogP contribution in [-0.4, -0.2) is 10.5 Å². The summed E-state index contributed by atoms with van der Waals surface area (Å²) in [6, 6.07) is 6.22. The average Bonchev–Trinajstić information content (AvgIpc) is 2.39. The molecule has 0 aliphatic heterocycles. The third-order valence-corrected chi connectivity index (χ3v) is 2.26. The second kappa shape index (κ2) is 2.94. The van der Waals surface area contributed by atoms with Crippen LogP contribution in [0.3, 0.4) is 0 Å². The summed E-state index contributed by atoms with van der Waals surface area (Å²) < 4.78 is 14.5. The zero-order valence-electron chi connectivity index (χ0n) is 8.04. The molecule has 0 bridgehead atoms. The molecule has 0 spiro atoms. The molecule has 0 aliphatic rings. The maximum Gasteiger partial charge on any atom is 0.228 e. The highest BCUT2D eigenvalue weighted by Crippen LogP contribution is 2.20. The van der Waals surface area contributed by atoms with Crippen molar-refractivity contribution >= 4 is 16.8 Å². The Morgan fingerprint density at radius 1 is 1.36 bits per heavy atom. The zero-order valence-corrected chi connectivity index (χ0v) is 8.04. The van der Waals surface area contributed by atoms with Gasteiger partial charge in [-0.25, -0.2) is 4.39 Å². The van der Waals surface area contributed by atoms with Crippen molar-refractivity contribution in [2.24, 2.45) is 0 Å². The smallest absolute Gasteiger partial charge is 0.228 e. The third kappa shape index (κ3) is 1.21. The molecule has 0 aliphatic carbocycles. The summed E-state index contributed by atoms with van der Waals surface area (Å²) in [6.45, 7) is 3.33. The molecular formula is C11H10FNO. The number of rotatable bonds is 0. The maximum absolute atomic E-state index is 12.9. The van der Waals surface area contributed by atoms with Crippen molar-refractivity contribution in [3.05, 3.63) is 35.8 Å². The van der Waals surface area contributed by atoms with Crippen LogP contribution in [0.2, 0.25) is 0 Å². The number of aromatic nitrogens is 1. The van der Waals surface area contributed by atoms with Crippen LogP contribution in [0.4, 0.5) is 4.39 Å². The highest BCUT2D eigenvalue weighted by molar-refractivity contribution is 5.92. The van der Waals surface area contributed by atoms with Gasteiger partial charge >= 0.3 is 0 Å². The van der Waals surface area contributed by atoms with Gasteiger partial charge in [0, 0.05) is 18.0 Å². The van der Waals surface area contributed by atoms with Gasteiger partial charge in [0.1, 0.15) is 5.82 Å². The van der Waals surface area contributed by atoms with Gasteiger partial charge < -0.3 is 0 Å². The first-order valence-corrected chi connectivity index (χ1v) is 4.38. The molecule has 0 fully saturated rings. The number of hydrogen-bond donors (Lipinski definition) is 0. The molecule has 0 saturated heterocycles. The van der Waals surface area contributed by atoms with Crippen LogP contribution >= 0.6 is 0 Å². The Labute approximate surface area is 81.0 Å². The van der Waals surface area contributed by atoms with Crippen LogP contribution in [0.1, 0.15) is 17.4 Å². The number of nitrogens with zero attached hydrogens (tertiary/aromatic N) is 1. The second-order valence-electron chi connectivity index (χ2n) is 3.34. The summed E-state index contributed by atoms with van der Waals surface area (Å²) in [7, 11) is 0. The lowest BCUT2D eigenvalue weighted by Gasteiger charge is -2.01. The maximum atomic E-state index is 12.9. The molecular weight excluding hydrogens is 181 g/mol. The fourth-order valence-electron chi connectivity index (χ4n) is 1.74. The summed E-state index contributed by atoms with van der Waals surface area (Å²) in [5.74, 6) is -0.331. The lowest BCUT2D eigenvalue weighted by Crippen LogP contribution is -2.06. The average molecular weight is 191 g/mol. The van der Waals surface area contributed by atoms with Gasteiger partial charge in [-0.05, 0) is 31.2 Å². The molecule has 3 heteroatoms. The van der Waals surface area contributed by atoms with Crippen LogP contribution in [0.15, 0.2) is 24.3 Å². The van der Waals surface area contributed by atoms with E-state index in [2.05, 4.69) is 0 Å². The summed E-state index contributed by atoms with van der Waals surface area (Å²) in [5, 5.41) is 0.762. The van der Waals surface area contributed by atoms with Crippen molar-refractivity contribution in [1.82, 2.24) is 4.57 Å². The van der Waals surface area contributed by atoms with Crippen LogP contribution in [0.5, 0.6) is 0 Å². The fraction of sp³-hybridized carbons (Fsp3) is 0.182. The molecule has 0 atom stereocenters. The van der Waals surface area contributed by atoms with Gasteiger partial charge in [0.25, 0.3) is 0 Å². The summed E-state index contributed by atoms with van der Waals surface area (Å²) in [6.07, 6.45) is 0. The van der Waals surface area contributed by atoms with Crippen LogP contribution in [0.25, 0.3) is 10.9 Å². The number of fused-ring (bicyclic) bond motifs is 1. The number of hydrogen-bond acceptors (Lipinski definition) is 1. The molecule has 0 unspecified atom stereocenters. The Morgan fingerprint density at radius 2 is 2.07 bits per heavy atom. The predicted octanol–water partition coefficient (Wildman–Crippen LogP) is 2.75. The van der Waals surface area contributed by atoms with Crippen molar-refractivity contribution in [2.45, 2.75) is 13.8 Å². The van der Waals surface area contributed by atoms with E-state index >= 15 is 0 Å². The Kier molecular flexibility index (Phi) is 1.88. The number of aryl methyl sites for hydroxylation is 1.